The van der Waals surface area contributed by atoms with E-state index in [9.17, 15) is 4.79 Å². The zero-order chi connectivity index (χ0) is 16.5. The summed E-state index contributed by atoms with van der Waals surface area (Å²) in [4.78, 5) is 11.3. The quantitative estimate of drug-likeness (QED) is 0.458. The van der Waals surface area contributed by atoms with Gasteiger partial charge in [-0.2, -0.15) is 0 Å². The second-order valence-electron chi connectivity index (χ2n) is 7.06. The lowest BCUT2D eigenvalue weighted by atomic mass is 9.77. The Hall–Kier alpha value is -1.31. The first kappa shape index (κ1) is 18.0. The summed E-state index contributed by atoms with van der Waals surface area (Å²) in [5, 5.41) is 0. The van der Waals surface area contributed by atoms with Crippen molar-refractivity contribution in [1.29, 1.82) is 0 Å². The minimum Gasteiger partial charge on any atom is -0.469 e. The highest BCUT2D eigenvalue weighted by Gasteiger charge is 2.22. The molecular formula is C21H32O2. The van der Waals surface area contributed by atoms with Crippen LogP contribution in [-0.4, -0.2) is 13.1 Å². The van der Waals surface area contributed by atoms with Crippen molar-refractivity contribution in [1.82, 2.24) is 0 Å². The van der Waals surface area contributed by atoms with E-state index >= 15 is 0 Å². The lowest BCUT2D eigenvalue weighted by Crippen LogP contribution is -2.13. The molecule has 0 heterocycles. The zero-order valence-corrected chi connectivity index (χ0v) is 14.9. The van der Waals surface area contributed by atoms with Gasteiger partial charge in [-0.25, -0.2) is 0 Å². The highest BCUT2D eigenvalue weighted by Crippen LogP contribution is 2.37. The number of hydrogen-bond donors (Lipinski definition) is 0. The van der Waals surface area contributed by atoms with Crippen LogP contribution in [0.3, 0.4) is 0 Å². The van der Waals surface area contributed by atoms with Crippen molar-refractivity contribution in [3.8, 4) is 0 Å². The van der Waals surface area contributed by atoms with E-state index < -0.39 is 0 Å². The van der Waals surface area contributed by atoms with Crippen LogP contribution in [0.25, 0.3) is 0 Å². The fourth-order valence-corrected chi connectivity index (χ4v) is 3.79. The maximum atomic E-state index is 11.3. The molecular weight excluding hydrogens is 284 g/mol. The van der Waals surface area contributed by atoms with Crippen molar-refractivity contribution in [2.45, 2.75) is 77.0 Å². The molecule has 0 bridgehead atoms. The smallest absolute Gasteiger partial charge is 0.309 e. The number of hydrogen-bond acceptors (Lipinski definition) is 2. The van der Waals surface area contributed by atoms with Crippen LogP contribution < -0.4 is 0 Å². The molecule has 0 aliphatic heterocycles. The summed E-state index contributed by atoms with van der Waals surface area (Å²) in [6, 6.07) is 8.60. The molecule has 0 N–H and O–H groups in total. The van der Waals surface area contributed by atoms with Crippen LogP contribution in [0.4, 0.5) is 0 Å². The van der Waals surface area contributed by atoms with E-state index in [0.717, 1.165) is 11.5 Å². The van der Waals surface area contributed by atoms with Crippen molar-refractivity contribution < 1.29 is 9.53 Å². The molecule has 1 aromatic rings. The van der Waals surface area contributed by atoms with Crippen molar-refractivity contribution in [2.24, 2.45) is 5.92 Å². The Labute approximate surface area is 141 Å². The summed E-state index contributed by atoms with van der Waals surface area (Å²) in [5.41, 5.74) is 2.49. The van der Waals surface area contributed by atoms with Gasteiger partial charge in [0.05, 0.1) is 13.5 Å². The molecule has 2 nitrogen and oxygen atoms in total. The topological polar surface area (TPSA) is 26.3 Å². The third-order valence-corrected chi connectivity index (χ3v) is 5.34. The van der Waals surface area contributed by atoms with Gasteiger partial charge in [-0.3, -0.25) is 4.79 Å². The minimum atomic E-state index is -0.165. The molecule has 1 aliphatic rings. The first-order valence-corrected chi connectivity index (χ1v) is 9.38. The van der Waals surface area contributed by atoms with Gasteiger partial charge >= 0.3 is 5.97 Å². The number of ether oxygens (including phenoxy) is 1. The van der Waals surface area contributed by atoms with Crippen LogP contribution in [0.15, 0.2) is 24.3 Å². The monoisotopic (exact) mass is 316 g/mol. The van der Waals surface area contributed by atoms with Gasteiger partial charge in [-0.1, -0.05) is 63.3 Å². The summed E-state index contributed by atoms with van der Waals surface area (Å²) in [7, 11) is 1.44. The van der Waals surface area contributed by atoms with Crippen LogP contribution in [-0.2, 0) is 16.0 Å². The minimum absolute atomic E-state index is 0.165. The molecule has 1 saturated carbocycles. The first-order chi connectivity index (χ1) is 11.2. The van der Waals surface area contributed by atoms with E-state index in [1.807, 2.05) is 0 Å². The molecule has 0 unspecified atom stereocenters. The molecule has 1 fully saturated rings. The van der Waals surface area contributed by atoms with Gasteiger partial charge in [0.25, 0.3) is 0 Å². The number of rotatable bonds is 8. The zero-order valence-electron chi connectivity index (χ0n) is 14.9. The molecule has 0 aromatic heterocycles. The van der Waals surface area contributed by atoms with E-state index in [1.54, 1.807) is 0 Å². The average molecular weight is 316 g/mol. The van der Waals surface area contributed by atoms with Gasteiger partial charge in [0.1, 0.15) is 0 Å². The van der Waals surface area contributed by atoms with Crippen LogP contribution in [0.1, 0.15) is 81.8 Å². The number of esters is 1. The SMILES string of the molecule is CCCCCCC1CCC(c2ccc(CC(=O)OC)cc2)CC1. The highest BCUT2D eigenvalue weighted by atomic mass is 16.5. The van der Waals surface area contributed by atoms with Gasteiger partial charge in [0.2, 0.25) is 0 Å². The van der Waals surface area contributed by atoms with Gasteiger partial charge < -0.3 is 4.74 Å². The number of unbranched alkanes of at least 4 members (excludes halogenated alkanes) is 3. The van der Waals surface area contributed by atoms with Crippen LogP contribution in [0.5, 0.6) is 0 Å². The maximum absolute atomic E-state index is 11.3. The summed E-state index contributed by atoms with van der Waals surface area (Å²) < 4.78 is 4.72. The Balaban J connectivity index is 1.75. The normalized spacial score (nSPS) is 21.1. The first-order valence-electron chi connectivity index (χ1n) is 9.38. The second-order valence-corrected chi connectivity index (χ2v) is 7.06. The molecule has 23 heavy (non-hydrogen) atoms. The molecule has 128 valence electrons. The van der Waals surface area contributed by atoms with Gasteiger partial charge in [0.15, 0.2) is 0 Å². The molecule has 0 spiro atoms. The van der Waals surface area contributed by atoms with Gasteiger partial charge in [-0.15, -0.1) is 0 Å². The Kier molecular flexibility index (Phi) is 7.64. The number of carbonyl (C=O) groups is 1. The molecule has 0 amide bonds. The molecule has 2 heteroatoms. The van der Waals surface area contributed by atoms with Crippen molar-refractivity contribution in [3.63, 3.8) is 0 Å². The Morgan fingerprint density at radius 2 is 1.74 bits per heavy atom. The third kappa shape index (κ3) is 6.01. The van der Waals surface area contributed by atoms with Crippen LogP contribution in [0.2, 0.25) is 0 Å². The summed E-state index contributed by atoms with van der Waals surface area (Å²) in [6.07, 6.45) is 12.8. The summed E-state index contributed by atoms with van der Waals surface area (Å²) >= 11 is 0. The predicted molar refractivity (Wildman–Crippen MR) is 95.6 cm³/mol. The third-order valence-electron chi connectivity index (χ3n) is 5.34. The fraction of sp³-hybridized carbons (Fsp3) is 0.667. The van der Waals surface area contributed by atoms with Gasteiger partial charge in [-0.05, 0) is 48.6 Å². The van der Waals surface area contributed by atoms with Crippen molar-refractivity contribution in [3.05, 3.63) is 35.4 Å². The Morgan fingerprint density at radius 1 is 1.04 bits per heavy atom. The van der Waals surface area contributed by atoms with E-state index in [4.69, 9.17) is 4.74 Å². The molecule has 1 aromatic carbocycles. The average Bonchev–Trinajstić information content (AvgIpc) is 2.60. The van der Waals surface area contributed by atoms with E-state index in [-0.39, 0.29) is 5.97 Å². The number of benzene rings is 1. The Bertz CT molecular complexity index is 455. The summed E-state index contributed by atoms with van der Waals surface area (Å²) in [6.45, 7) is 2.28. The van der Waals surface area contributed by atoms with Gasteiger partial charge in [0, 0.05) is 0 Å². The lowest BCUT2D eigenvalue weighted by Gasteiger charge is -2.29. The molecule has 2 rings (SSSR count). The number of carbonyl (C=O) groups excluding carboxylic acids is 1. The molecule has 0 saturated heterocycles. The standard InChI is InChI=1S/C21H32O2/c1-3-4-5-6-7-17-8-12-19(13-9-17)20-14-10-18(11-15-20)16-21(22)23-2/h10-11,14-15,17,19H,3-9,12-13,16H2,1-2H3. The van der Waals surface area contributed by atoms with Crippen LogP contribution >= 0.6 is 0 Å². The van der Waals surface area contributed by atoms with E-state index in [0.29, 0.717) is 12.3 Å². The Morgan fingerprint density at radius 3 is 2.35 bits per heavy atom. The van der Waals surface area contributed by atoms with Crippen LogP contribution in [0, 0.1) is 5.92 Å². The van der Waals surface area contributed by atoms with Crippen molar-refractivity contribution in [2.75, 3.05) is 7.11 Å². The lowest BCUT2D eigenvalue weighted by molar-refractivity contribution is -0.139. The molecule has 0 radical (unpaired) electrons. The second kappa shape index (κ2) is 9.75. The molecule has 1 aliphatic carbocycles. The van der Waals surface area contributed by atoms with E-state index in [2.05, 4.69) is 31.2 Å². The summed E-state index contributed by atoms with van der Waals surface area (Å²) in [5.74, 6) is 1.51. The van der Waals surface area contributed by atoms with E-state index in [1.165, 1.54) is 70.5 Å². The molecule has 0 atom stereocenters. The number of methoxy groups -OCH3 is 1. The predicted octanol–water partition coefficient (Wildman–Crippen LogP) is 5.65. The fourth-order valence-electron chi connectivity index (χ4n) is 3.79. The largest absolute Gasteiger partial charge is 0.469 e. The maximum Gasteiger partial charge on any atom is 0.309 e. The van der Waals surface area contributed by atoms with Crippen molar-refractivity contribution >= 4 is 5.97 Å². The highest BCUT2D eigenvalue weighted by molar-refractivity contribution is 5.72.